The van der Waals surface area contributed by atoms with Crippen LogP contribution in [0.15, 0.2) is 30.6 Å². The molecule has 0 radical (unpaired) electrons. The van der Waals surface area contributed by atoms with E-state index < -0.39 is 0 Å². The van der Waals surface area contributed by atoms with Gasteiger partial charge in [-0.25, -0.2) is 9.97 Å². The van der Waals surface area contributed by atoms with Crippen molar-refractivity contribution in [3.05, 3.63) is 47.4 Å². The highest BCUT2D eigenvalue weighted by atomic mass is 16.5. The molecule has 1 aromatic heterocycles. The maximum atomic E-state index is 7.69. The van der Waals surface area contributed by atoms with Crippen LogP contribution in [0.25, 0.3) is 16.8 Å². The van der Waals surface area contributed by atoms with Crippen LogP contribution < -0.4 is 16.4 Å². The van der Waals surface area contributed by atoms with Crippen LogP contribution >= 0.6 is 0 Å². The van der Waals surface area contributed by atoms with Crippen LogP contribution in [0.2, 0.25) is 0 Å². The minimum atomic E-state index is 0.320. The van der Waals surface area contributed by atoms with Gasteiger partial charge >= 0.3 is 0 Å². The number of nitrogens with one attached hydrogen (secondary N) is 3. The summed E-state index contributed by atoms with van der Waals surface area (Å²) in [6, 6.07) is 7.05. The van der Waals surface area contributed by atoms with Gasteiger partial charge < -0.3 is 26.5 Å². The Balaban J connectivity index is 1.75. The van der Waals surface area contributed by atoms with E-state index in [1.165, 1.54) is 23.8 Å². The summed E-state index contributed by atoms with van der Waals surface area (Å²) in [7, 11) is 1.78. The number of nitrogens with zero attached hydrogens (tertiary/aromatic N) is 2. The number of allylic oxidation sites excluding steroid dienone is 1. The molecular weight excluding hydrogens is 376 g/mol. The van der Waals surface area contributed by atoms with Crippen molar-refractivity contribution in [2.45, 2.75) is 37.6 Å². The van der Waals surface area contributed by atoms with Gasteiger partial charge in [-0.1, -0.05) is 12.1 Å². The van der Waals surface area contributed by atoms with E-state index in [-0.39, 0.29) is 0 Å². The maximum Gasteiger partial charge on any atom is 0.150 e. The third-order valence-corrected chi connectivity index (χ3v) is 6.01. The molecule has 7 nitrogen and oxygen atoms in total. The fourth-order valence-electron chi connectivity index (χ4n) is 4.45. The summed E-state index contributed by atoms with van der Waals surface area (Å²) in [5.41, 5.74) is 11.8. The highest BCUT2D eigenvalue weighted by molar-refractivity contribution is 6.09. The SMILES string of the molecule is CN/C=C(\C=N)c1nc(-c2ccc(C3CCOCC3)c([C@@H]3CCCN3)c2)cnc1N. The van der Waals surface area contributed by atoms with Gasteiger partial charge in [0.2, 0.25) is 0 Å². The number of ether oxygens (including phenoxy) is 1. The lowest BCUT2D eigenvalue weighted by Crippen LogP contribution is -2.19. The molecular formula is C23H30N6O. The largest absolute Gasteiger partial charge is 0.393 e. The molecule has 2 aromatic rings. The Morgan fingerprint density at radius 2 is 2.10 bits per heavy atom. The number of hydrogen-bond acceptors (Lipinski definition) is 7. The van der Waals surface area contributed by atoms with E-state index in [0.717, 1.165) is 50.3 Å². The fraction of sp³-hybridized carbons (Fsp3) is 0.435. The third kappa shape index (κ3) is 4.22. The first-order chi connectivity index (χ1) is 14.7. The van der Waals surface area contributed by atoms with E-state index in [1.54, 1.807) is 19.4 Å². The molecule has 0 saturated carbocycles. The first kappa shape index (κ1) is 20.5. The molecule has 2 aliphatic heterocycles. The van der Waals surface area contributed by atoms with Crippen molar-refractivity contribution in [3.63, 3.8) is 0 Å². The van der Waals surface area contributed by atoms with Crippen LogP contribution in [-0.2, 0) is 4.74 Å². The monoisotopic (exact) mass is 406 g/mol. The van der Waals surface area contributed by atoms with Crippen molar-refractivity contribution in [3.8, 4) is 11.3 Å². The van der Waals surface area contributed by atoms with Crippen LogP contribution in [-0.4, -0.2) is 43.0 Å². The number of nitrogens with two attached hydrogens (primary N) is 1. The smallest absolute Gasteiger partial charge is 0.150 e. The van der Waals surface area contributed by atoms with Gasteiger partial charge in [0.1, 0.15) is 11.5 Å². The van der Waals surface area contributed by atoms with Crippen LogP contribution in [0.4, 0.5) is 5.82 Å². The summed E-state index contributed by atoms with van der Waals surface area (Å²) in [4.78, 5) is 9.11. The van der Waals surface area contributed by atoms with Crippen molar-refractivity contribution in [2.24, 2.45) is 0 Å². The molecule has 0 spiro atoms. The highest BCUT2D eigenvalue weighted by Crippen LogP contribution is 2.37. The third-order valence-electron chi connectivity index (χ3n) is 6.01. The highest BCUT2D eigenvalue weighted by Gasteiger charge is 2.25. The predicted molar refractivity (Wildman–Crippen MR) is 120 cm³/mol. The van der Waals surface area contributed by atoms with Gasteiger partial charge in [0.15, 0.2) is 0 Å². The van der Waals surface area contributed by atoms with Crippen molar-refractivity contribution >= 4 is 17.6 Å². The van der Waals surface area contributed by atoms with E-state index in [1.807, 2.05) is 0 Å². The van der Waals surface area contributed by atoms with Gasteiger partial charge in [-0.15, -0.1) is 0 Å². The molecule has 5 N–H and O–H groups in total. The minimum Gasteiger partial charge on any atom is -0.393 e. The molecule has 1 atom stereocenters. The predicted octanol–water partition coefficient (Wildman–Crippen LogP) is 3.25. The van der Waals surface area contributed by atoms with Crippen molar-refractivity contribution in [2.75, 3.05) is 32.5 Å². The molecule has 0 aliphatic carbocycles. The number of hydrogen-bond donors (Lipinski definition) is 4. The van der Waals surface area contributed by atoms with E-state index in [2.05, 4.69) is 33.8 Å². The molecule has 0 amide bonds. The summed E-state index contributed by atoms with van der Waals surface area (Å²) < 4.78 is 5.58. The van der Waals surface area contributed by atoms with E-state index >= 15 is 0 Å². The van der Waals surface area contributed by atoms with Gasteiger partial charge in [0.05, 0.1) is 11.9 Å². The van der Waals surface area contributed by atoms with Gasteiger partial charge in [-0.2, -0.15) is 0 Å². The normalized spacial score (nSPS) is 20.3. The zero-order valence-corrected chi connectivity index (χ0v) is 17.4. The van der Waals surface area contributed by atoms with Crippen LogP contribution in [0, 0.1) is 5.41 Å². The van der Waals surface area contributed by atoms with Gasteiger partial charge in [0, 0.05) is 49.9 Å². The molecule has 3 heterocycles. The van der Waals surface area contributed by atoms with Gasteiger partial charge in [-0.05, 0) is 55.3 Å². The number of nitrogen functional groups attached to an aromatic ring is 1. The first-order valence-electron chi connectivity index (χ1n) is 10.7. The fourth-order valence-corrected chi connectivity index (χ4v) is 4.45. The summed E-state index contributed by atoms with van der Waals surface area (Å²) in [5.74, 6) is 0.863. The molecule has 2 aliphatic rings. The van der Waals surface area contributed by atoms with Crippen molar-refractivity contribution in [1.82, 2.24) is 20.6 Å². The second-order valence-corrected chi connectivity index (χ2v) is 7.90. The van der Waals surface area contributed by atoms with Gasteiger partial charge in [-0.3, -0.25) is 0 Å². The van der Waals surface area contributed by atoms with Crippen LogP contribution in [0.5, 0.6) is 0 Å². The minimum absolute atomic E-state index is 0.320. The summed E-state index contributed by atoms with van der Waals surface area (Å²) in [6.07, 6.45) is 9.16. The summed E-state index contributed by atoms with van der Waals surface area (Å²) in [6.45, 7) is 2.73. The zero-order chi connectivity index (χ0) is 20.9. The molecule has 2 fully saturated rings. The quantitative estimate of drug-likeness (QED) is 0.548. The zero-order valence-electron chi connectivity index (χ0n) is 17.4. The topological polar surface area (TPSA) is 109 Å². The Bertz CT molecular complexity index is 929. The molecule has 0 unspecified atom stereocenters. The van der Waals surface area contributed by atoms with E-state index in [4.69, 9.17) is 20.9 Å². The second-order valence-electron chi connectivity index (χ2n) is 7.90. The molecule has 30 heavy (non-hydrogen) atoms. The lowest BCUT2D eigenvalue weighted by atomic mass is 9.84. The van der Waals surface area contributed by atoms with E-state index in [9.17, 15) is 0 Å². The van der Waals surface area contributed by atoms with Crippen molar-refractivity contribution in [1.29, 1.82) is 5.41 Å². The molecule has 4 rings (SSSR count). The number of anilines is 1. The summed E-state index contributed by atoms with van der Waals surface area (Å²) >= 11 is 0. The van der Waals surface area contributed by atoms with Gasteiger partial charge in [0.25, 0.3) is 0 Å². The molecule has 7 heteroatoms. The summed E-state index contributed by atoms with van der Waals surface area (Å²) in [5, 5.41) is 14.3. The molecule has 0 bridgehead atoms. The average molecular weight is 407 g/mol. The Morgan fingerprint density at radius 1 is 1.27 bits per heavy atom. The maximum absolute atomic E-state index is 7.69. The molecule has 158 valence electrons. The second kappa shape index (κ2) is 9.36. The number of benzene rings is 1. The Hall–Kier alpha value is -2.77. The van der Waals surface area contributed by atoms with E-state index in [0.29, 0.717) is 29.0 Å². The van der Waals surface area contributed by atoms with Crippen LogP contribution in [0.3, 0.4) is 0 Å². The van der Waals surface area contributed by atoms with Crippen molar-refractivity contribution < 1.29 is 4.74 Å². The number of aromatic nitrogens is 2. The Kier molecular flexibility index (Phi) is 6.40. The number of rotatable bonds is 6. The Labute approximate surface area is 177 Å². The average Bonchev–Trinajstić information content (AvgIpc) is 3.33. The molecule has 1 aromatic carbocycles. The Morgan fingerprint density at radius 3 is 2.80 bits per heavy atom. The standard InChI is InChI=1S/C23H30N6O/c1-26-13-17(12-24)22-23(25)28-14-21(29-22)16-4-5-18(15-6-9-30-10-7-15)19(11-16)20-3-2-8-27-20/h4-5,11-15,20,24,26-27H,2-3,6-10H2,1H3,(H2,25,28)/b17-13+,24-12?/t20-/m0/s1. The first-order valence-corrected chi connectivity index (χ1v) is 10.7. The van der Waals surface area contributed by atoms with Crippen LogP contribution in [0.1, 0.15) is 54.5 Å². The lowest BCUT2D eigenvalue weighted by Gasteiger charge is -2.27. The lowest BCUT2D eigenvalue weighted by molar-refractivity contribution is 0.0851. The molecule has 2 saturated heterocycles.